The van der Waals surface area contributed by atoms with Gasteiger partial charge in [-0.2, -0.15) is 4.98 Å². The van der Waals surface area contributed by atoms with Crippen LogP contribution in [0.4, 0.5) is 10.1 Å². The Morgan fingerprint density at radius 2 is 1.70 bits per heavy atom. The molecule has 0 saturated heterocycles. The summed E-state index contributed by atoms with van der Waals surface area (Å²) in [6.45, 7) is 1.67. The number of amides is 1. The van der Waals surface area contributed by atoms with E-state index in [2.05, 4.69) is 15.5 Å². The van der Waals surface area contributed by atoms with Gasteiger partial charge in [0.15, 0.2) is 6.61 Å². The van der Waals surface area contributed by atoms with Crippen molar-refractivity contribution in [1.82, 2.24) is 10.1 Å². The van der Waals surface area contributed by atoms with Crippen LogP contribution in [0.1, 0.15) is 5.56 Å². The minimum Gasteiger partial charge on any atom is -0.483 e. The molecule has 30 heavy (non-hydrogen) atoms. The van der Waals surface area contributed by atoms with E-state index < -0.39 is 11.7 Å². The summed E-state index contributed by atoms with van der Waals surface area (Å²) in [6.07, 6.45) is 0. The van der Waals surface area contributed by atoms with Crippen LogP contribution < -0.4 is 10.1 Å². The Balaban J connectivity index is 1.50. The number of hydrogen-bond acceptors (Lipinski definition) is 5. The van der Waals surface area contributed by atoms with Crippen LogP contribution in [0.15, 0.2) is 77.3 Å². The van der Waals surface area contributed by atoms with Crippen LogP contribution in [0.3, 0.4) is 0 Å². The van der Waals surface area contributed by atoms with E-state index >= 15 is 0 Å². The molecule has 4 rings (SSSR count). The van der Waals surface area contributed by atoms with Crippen molar-refractivity contribution in [2.24, 2.45) is 0 Å². The van der Waals surface area contributed by atoms with Crippen molar-refractivity contribution < 1.29 is 18.4 Å². The zero-order valence-electron chi connectivity index (χ0n) is 16.1. The second-order valence-electron chi connectivity index (χ2n) is 6.55. The van der Waals surface area contributed by atoms with Crippen molar-refractivity contribution in [3.05, 3.63) is 84.2 Å². The van der Waals surface area contributed by atoms with E-state index in [1.807, 2.05) is 31.2 Å². The number of aryl methyl sites for hydroxylation is 1. The van der Waals surface area contributed by atoms with Gasteiger partial charge in [0.1, 0.15) is 11.6 Å². The number of hydrogen-bond donors (Lipinski definition) is 1. The molecule has 0 saturated carbocycles. The zero-order valence-corrected chi connectivity index (χ0v) is 16.1. The molecule has 0 fully saturated rings. The third-order valence-electron chi connectivity index (χ3n) is 4.44. The van der Waals surface area contributed by atoms with Crippen LogP contribution in [0.5, 0.6) is 5.75 Å². The van der Waals surface area contributed by atoms with Gasteiger partial charge in [-0.1, -0.05) is 53.7 Å². The lowest BCUT2D eigenvalue weighted by Crippen LogP contribution is -2.20. The number of anilines is 1. The van der Waals surface area contributed by atoms with Gasteiger partial charge in [-0.15, -0.1) is 0 Å². The van der Waals surface area contributed by atoms with Crippen LogP contribution in [-0.4, -0.2) is 22.7 Å². The summed E-state index contributed by atoms with van der Waals surface area (Å²) in [5.41, 5.74) is 2.55. The topological polar surface area (TPSA) is 77.2 Å². The fraction of sp³-hybridized carbons (Fsp3) is 0.0870. The van der Waals surface area contributed by atoms with Gasteiger partial charge < -0.3 is 14.6 Å². The number of para-hydroxylation sites is 2. The molecule has 0 bridgehead atoms. The maximum atomic E-state index is 13.7. The minimum absolute atomic E-state index is 0.0964. The van der Waals surface area contributed by atoms with Gasteiger partial charge >= 0.3 is 0 Å². The summed E-state index contributed by atoms with van der Waals surface area (Å²) >= 11 is 0. The normalized spacial score (nSPS) is 10.6. The molecule has 3 aromatic carbocycles. The van der Waals surface area contributed by atoms with Crippen molar-refractivity contribution in [3.63, 3.8) is 0 Å². The van der Waals surface area contributed by atoms with Crippen molar-refractivity contribution >= 4 is 11.6 Å². The number of nitrogens with zero attached hydrogens (tertiary/aromatic N) is 2. The molecule has 0 aliphatic carbocycles. The fourth-order valence-corrected chi connectivity index (χ4v) is 2.93. The number of benzene rings is 3. The fourth-order valence-electron chi connectivity index (χ4n) is 2.93. The number of aromatic nitrogens is 2. The Morgan fingerprint density at radius 1 is 1.00 bits per heavy atom. The minimum atomic E-state index is -0.513. The van der Waals surface area contributed by atoms with Crippen LogP contribution in [-0.2, 0) is 4.79 Å². The molecule has 0 unspecified atom stereocenters. The Morgan fingerprint density at radius 3 is 2.50 bits per heavy atom. The van der Waals surface area contributed by atoms with E-state index in [1.54, 1.807) is 36.4 Å². The predicted octanol–water partition coefficient (Wildman–Crippen LogP) is 4.87. The predicted molar refractivity (Wildman–Crippen MR) is 110 cm³/mol. The maximum Gasteiger partial charge on any atom is 0.262 e. The van der Waals surface area contributed by atoms with E-state index in [4.69, 9.17) is 9.26 Å². The highest BCUT2D eigenvalue weighted by molar-refractivity contribution is 5.92. The first-order valence-electron chi connectivity index (χ1n) is 9.28. The molecular formula is C23H18FN3O3. The molecule has 1 aromatic heterocycles. The van der Waals surface area contributed by atoms with Gasteiger partial charge in [0.25, 0.3) is 11.8 Å². The van der Waals surface area contributed by atoms with Gasteiger partial charge in [0, 0.05) is 5.56 Å². The molecule has 150 valence electrons. The highest BCUT2D eigenvalue weighted by atomic mass is 19.1. The van der Waals surface area contributed by atoms with Gasteiger partial charge in [-0.3, -0.25) is 4.79 Å². The van der Waals surface area contributed by atoms with E-state index in [1.165, 1.54) is 12.1 Å². The third kappa shape index (κ3) is 4.20. The van der Waals surface area contributed by atoms with Crippen molar-refractivity contribution in [3.8, 4) is 28.6 Å². The Labute approximate surface area is 172 Å². The third-order valence-corrected chi connectivity index (χ3v) is 4.44. The second kappa shape index (κ2) is 8.57. The van der Waals surface area contributed by atoms with Crippen LogP contribution in [0, 0.1) is 12.7 Å². The monoisotopic (exact) mass is 403 g/mol. The zero-order chi connectivity index (χ0) is 20.9. The molecule has 1 heterocycles. The summed E-state index contributed by atoms with van der Waals surface area (Å²) in [5, 5.41) is 6.54. The van der Waals surface area contributed by atoms with E-state index in [0.717, 1.165) is 11.1 Å². The first-order valence-corrected chi connectivity index (χ1v) is 9.28. The molecule has 1 N–H and O–H groups in total. The number of carbonyl (C=O) groups is 1. The largest absolute Gasteiger partial charge is 0.483 e. The molecule has 6 nitrogen and oxygen atoms in total. The summed E-state index contributed by atoms with van der Waals surface area (Å²) < 4.78 is 24.8. The molecular weight excluding hydrogens is 385 g/mol. The average Bonchev–Trinajstić information content (AvgIpc) is 3.24. The van der Waals surface area contributed by atoms with Gasteiger partial charge in [-0.05, 0) is 36.8 Å². The molecule has 7 heteroatoms. The summed E-state index contributed by atoms with van der Waals surface area (Å²) in [4.78, 5) is 16.6. The molecule has 0 radical (unpaired) electrons. The number of halogens is 1. The molecule has 1 amide bonds. The second-order valence-corrected chi connectivity index (χ2v) is 6.55. The smallest absolute Gasteiger partial charge is 0.262 e. The molecule has 0 aliphatic heterocycles. The number of rotatable bonds is 6. The summed E-state index contributed by atoms with van der Waals surface area (Å²) in [7, 11) is 0. The Bertz CT molecular complexity index is 1190. The lowest BCUT2D eigenvalue weighted by atomic mass is 10.1. The van der Waals surface area contributed by atoms with Gasteiger partial charge in [0.05, 0.1) is 11.3 Å². The lowest BCUT2D eigenvalue weighted by Gasteiger charge is -2.10. The summed E-state index contributed by atoms with van der Waals surface area (Å²) in [6, 6.07) is 20.7. The lowest BCUT2D eigenvalue weighted by molar-refractivity contribution is -0.118. The van der Waals surface area contributed by atoms with E-state index in [-0.39, 0.29) is 18.2 Å². The quantitative estimate of drug-likeness (QED) is 0.497. The number of nitrogens with one attached hydrogen (secondary N) is 1. The molecule has 0 spiro atoms. The van der Waals surface area contributed by atoms with Crippen LogP contribution in [0.25, 0.3) is 22.8 Å². The molecule has 0 aliphatic rings. The number of ether oxygens (including phenoxy) is 1. The highest BCUT2D eigenvalue weighted by Gasteiger charge is 2.16. The maximum absolute atomic E-state index is 13.7. The number of carbonyl (C=O) groups excluding carboxylic acids is 1. The van der Waals surface area contributed by atoms with Gasteiger partial charge in [-0.25, -0.2) is 4.39 Å². The molecule has 0 atom stereocenters. The average molecular weight is 403 g/mol. The van der Waals surface area contributed by atoms with Crippen LogP contribution >= 0.6 is 0 Å². The first kappa shape index (κ1) is 19.3. The van der Waals surface area contributed by atoms with Crippen molar-refractivity contribution in [1.29, 1.82) is 0 Å². The standard InChI is InChI=1S/C23H18FN3O3/c1-15-8-2-3-9-16(15)22-26-23(30-27-22)17-10-4-7-13-20(17)29-14-21(28)25-19-12-6-5-11-18(19)24/h2-13H,14H2,1H3,(H,25,28). The van der Waals surface area contributed by atoms with Gasteiger partial charge in [0.2, 0.25) is 5.82 Å². The first-order chi connectivity index (χ1) is 14.6. The van der Waals surface area contributed by atoms with E-state index in [9.17, 15) is 9.18 Å². The van der Waals surface area contributed by atoms with Crippen molar-refractivity contribution in [2.75, 3.05) is 11.9 Å². The Hall–Kier alpha value is -4.00. The van der Waals surface area contributed by atoms with E-state index in [0.29, 0.717) is 17.1 Å². The molecule has 4 aromatic rings. The highest BCUT2D eigenvalue weighted by Crippen LogP contribution is 2.30. The summed E-state index contributed by atoms with van der Waals surface area (Å²) in [5.74, 6) is 0.150. The Kier molecular flexibility index (Phi) is 5.52. The van der Waals surface area contributed by atoms with Crippen molar-refractivity contribution in [2.45, 2.75) is 6.92 Å². The SMILES string of the molecule is Cc1ccccc1-c1noc(-c2ccccc2OCC(=O)Nc2ccccc2F)n1. The van der Waals surface area contributed by atoms with Crippen LogP contribution in [0.2, 0.25) is 0 Å².